The lowest BCUT2D eigenvalue weighted by Crippen LogP contribution is -1.96. The lowest BCUT2D eigenvalue weighted by Gasteiger charge is -2.17. The number of hydrogen-bond donors (Lipinski definition) is 2. The molecule has 1 heterocycles. The quantitative estimate of drug-likeness (QED) is 0.518. The first-order chi connectivity index (χ1) is 12.7. The summed E-state index contributed by atoms with van der Waals surface area (Å²) in [6.45, 7) is 0. The predicted octanol–water partition coefficient (Wildman–Crippen LogP) is 5.63. The molecule has 2 aromatic carbocycles. The standard InChI is InChI=1S/C22H20BrNO2/c23-13-1-2-21(16-11-14-24-15-12-16)22(17-3-7-19(25)8-4-17)18-5-9-20(26)10-6-18/h3-12,14-15,25-26H,1-2,13H2. The van der Waals surface area contributed by atoms with E-state index in [0.717, 1.165) is 40.4 Å². The first kappa shape index (κ1) is 18.2. The predicted molar refractivity (Wildman–Crippen MR) is 109 cm³/mol. The van der Waals surface area contributed by atoms with E-state index in [1.807, 2.05) is 36.4 Å². The highest BCUT2D eigenvalue weighted by Crippen LogP contribution is 2.36. The number of benzene rings is 2. The van der Waals surface area contributed by atoms with Gasteiger partial charge in [0.05, 0.1) is 0 Å². The van der Waals surface area contributed by atoms with Gasteiger partial charge in [-0.2, -0.15) is 0 Å². The van der Waals surface area contributed by atoms with Crippen LogP contribution in [0.1, 0.15) is 29.5 Å². The molecule has 0 aliphatic carbocycles. The van der Waals surface area contributed by atoms with Gasteiger partial charge >= 0.3 is 0 Å². The van der Waals surface area contributed by atoms with Crippen LogP contribution in [0.25, 0.3) is 11.1 Å². The molecule has 0 atom stereocenters. The van der Waals surface area contributed by atoms with E-state index < -0.39 is 0 Å². The molecular weight excluding hydrogens is 390 g/mol. The Balaban J connectivity index is 2.25. The number of nitrogens with zero attached hydrogens (tertiary/aromatic N) is 1. The largest absolute Gasteiger partial charge is 0.508 e. The van der Waals surface area contributed by atoms with Crippen molar-refractivity contribution in [2.75, 3.05) is 5.33 Å². The number of aromatic nitrogens is 1. The second-order valence-electron chi connectivity index (χ2n) is 5.98. The Bertz CT molecular complexity index is 825. The van der Waals surface area contributed by atoms with E-state index in [-0.39, 0.29) is 11.5 Å². The number of allylic oxidation sites excluding steroid dienone is 1. The molecule has 0 bridgehead atoms. The van der Waals surface area contributed by atoms with Crippen molar-refractivity contribution in [3.8, 4) is 11.5 Å². The molecule has 4 heteroatoms. The highest BCUT2D eigenvalue weighted by atomic mass is 79.9. The highest BCUT2D eigenvalue weighted by molar-refractivity contribution is 9.09. The minimum absolute atomic E-state index is 0.240. The number of pyridine rings is 1. The molecule has 132 valence electrons. The Labute approximate surface area is 161 Å². The molecule has 3 rings (SSSR count). The number of alkyl halides is 1. The molecule has 3 aromatic rings. The first-order valence-corrected chi connectivity index (χ1v) is 9.59. The summed E-state index contributed by atoms with van der Waals surface area (Å²) in [6.07, 6.45) is 5.49. The molecule has 0 saturated carbocycles. The van der Waals surface area contributed by atoms with Crippen molar-refractivity contribution in [1.29, 1.82) is 0 Å². The Morgan fingerprint density at radius 2 is 1.23 bits per heavy atom. The van der Waals surface area contributed by atoms with Gasteiger partial charge in [-0.1, -0.05) is 40.2 Å². The summed E-state index contributed by atoms with van der Waals surface area (Å²) in [5, 5.41) is 20.3. The van der Waals surface area contributed by atoms with Crippen molar-refractivity contribution in [3.05, 3.63) is 89.7 Å². The Kier molecular flexibility index (Phi) is 6.08. The summed E-state index contributed by atoms with van der Waals surface area (Å²) in [5.41, 5.74) is 5.47. The van der Waals surface area contributed by atoms with Gasteiger partial charge < -0.3 is 10.2 Å². The maximum Gasteiger partial charge on any atom is 0.115 e. The number of phenolic OH excluding ortho intramolecular Hbond substituents is 2. The molecule has 0 spiro atoms. The molecule has 1 aromatic heterocycles. The molecule has 2 N–H and O–H groups in total. The van der Waals surface area contributed by atoms with Crippen LogP contribution in [-0.2, 0) is 0 Å². The summed E-state index contributed by atoms with van der Waals surface area (Å²) in [6, 6.07) is 18.5. The Morgan fingerprint density at radius 3 is 1.69 bits per heavy atom. The van der Waals surface area contributed by atoms with Crippen LogP contribution in [0.4, 0.5) is 0 Å². The summed E-state index contributed by atoms with van der Waals surface area (Å²) < 4.78 is 0. The summed E-state index contributed by atoms with van der Waals surface area (Å²) in [4.78, 5) is 4.14. The second-order valence-corrected chi connectivity index (χ2v) is 6.77. The van der Waals surface area contributed by atoms with Crippen LogP contribution in [-0.4, -0.2) is 20.5 Å². The van der Waals surface area contributed by atoms with Gasteiger partial charge in [-0.05, 0) is 77.1 Å². The minimum atomic E-state index is 0.240. The van der Waals surface area contributed by atoms with Crippen molar-refractivity contribution < 1.29 is 10.2 Å². The van der Waals surface area contributed by atoms with E-state index in [1.54, 1.807) is 36.7 Å². The molecule has 0 saturated heterocycles. The Hall–Kier alpha value is -2.59. The smallest absolute Gasteiger partial charge is 0.115 e. The fourth-order valence-electron chi connectivity index (χ4n) is 2.98. The van der Waals surface area contributed by atoms with Gasteiger partial charge in [-0.3, -0.25) is 4.98 Å². The normalized spacial score (nSPS) is 10.5. The minimum Gasteiger partial charge on any atom is -0.508 e. The molecule has 0 aliphatic heterocycles. The monoisotopic (exact) mass is 409 g/mol. The maximum atomic E-state index is 9.68. The van der Waals surface area contributed by atoms with Crippen LogP contribution in [0.3, 0.4) is 0 Å². The van der Waals surface area contributed by atoms with Crippen molar-refractivity contribution in [2.24, 2.45) is 0 Å². The average molecular weight is 410 g/mol. The SMILES string of the molecule is Oc1ccc(C(=C(CCCBr)c2ccncc2)c2ccc(O)cc2)cc1. The van der Waals surface area contributed by atoms with Gasteiger partial charge in [0.25, 0.3) is 0 Å². The lowest BCUT2D eigenvalue weighted by atomic mass is 9.87. The van der Waals surface area contributed by atoms with Gasteiger partial charge in [0.1, 0.15) is 11.5 Å². The van der Waals surface area contributed by atoms with Crippen LogP contribution in [0.5, 0.6) is 11.5 Å². The second kappa shape index (κ2) is 8.68. The van der Waals surface area contributed by atoms with Crippen molar-refractivity contribution >= 4 is 27.1 Å². The van der Waals surface area contributed by atoms with Gasteiger partial charge in [-0.15, -0.1) is 0 Å². The van der Waals surface area contributed by atoms with E-state index in [4.69, 9.17) is 0 Å². The molecule has 0 aliphatic rings. The van der Waals surface area contributed by atoms with Crippen molar-refractivity contribution in [1.82, 2.24) is 4.98 Å². The van der Waals surface area contributed by atoms with E-state index in [1.165, 1.54) is 5.57 Å². The molecule has 0 fully saturated rings. The number of phenols is 2. The highest BCUT2D eigenvalue weighted by Gasteiger charge is 2.14. The molecule has 0 amide bonds. The zero-order valence-electron chi connectivity index (χ0n) is 14.3. The molecule has 26 heavy (non-hydrogen) atoms. The average Bonchev–Trinajstić information content (AvgIpc) is 2.68. The zero-order chi connectivity index (χ0) is 18.4. The lowest BCUT2D eigenvalue weighted by molar-refractivity contribution is 0.475. The third-order valence-electron chi connectivity index (χ3n) is 4.20. The summed E-state index contributed by atoms with van der Waals surface area (Å²) >= 11 is 3.53. The van der Waals surface area contributed by atoms with Crippen molar-refractivity contribution in [3.63, 3.8) is 0 Å². The van der Waals surface area contributed by atoms with Gasteiger partial charge in [0.2, 0.25) is 0 Å². The van der Waals surface area contributed by atoms with Crippen molar-refractivity contribution in [2.45, 2.75) is 12.8 Å². The fraction of sp³-hybridized carbons (Fsp3) is 0.136. The number of aromatic hydroxyl groups is 2. The molecule has 3 nitrogen and oxygen atoms in total. The number of rotatable bonds is 6. The van der Waals surface area contributed by atoms with Crippen LogP contribution in [0, 0.1) is 0 Å². The maximum absolute atomic E-state index is 9.68. The van der Waals surface area contributed by atoms with Crippen LogP contribution < -0.4 is 0 Å². The number of halogens is 1. The summed E-state index contributed by atoms with van der Waals surface area (Å²) in [7, 11) is 0. The molecular formula is C22H20BrNO2. The third-order valence-corrected chi connectivity index (χ3v) is 4.76. The van der Waals surface area contributed by atoms with E-state index in [0.29, 0.717) is 0 Å². The summed E-state index contributed by atoms with van der Waals surface area (Å²) in [5.74, 6) is 0.481. The molecule has 0 unspecified atom stereocenters. The topological polar surface area (TPSA) is 53.4 Å². The fourth-order valence-corrected chi connectivity index (χ4v) is 3.26. The van der Waals surface area contributed by atoms with E-state index >= 15 is 0 Å². The van der Waals surface area contributed by atoms with Crippen LogP contribution in [0.2, 0.25) is 0 Å². The van der Waals surface area contributed by atoms with Gasteiger partial charge in [0.15, 0.2) is 0 Å². The van der Waals surface area contributed by atoms with Crippen LogP contribution >= 0.6 is 15.9 Å². The van der Waals surface area contributed by atoms with Crippen LogP contribution in [0.15, 0.2) is 73.1 Å². The number of hydrogen-bond acceptors (Lipinski definition) is 3. The van der Waals surface area contributed by atoms with E-state index in [9.17, 15) is 10.2 Å². The van der Waals surface area contributed by atoms with Gasteiger partial charge in [-0.25, -0.2) is 0 Å². The zero-order valence-corrected chi connectivity index (χ0v) is 15.9. The third kappa shape index (κ3) is 4.33. The van der Waals surface area contributed by atoms with E-state index in [2.05, 4.69) is 20.9 Å². The Morgan fingerprint density at radius 1 is 0.731 bits per heavy atom. The molecule has 0 radical (unpaired) electrons. The van der Waals surface area contributed by atoms with Gasteiger partial charge in [0, 0.05) is 17.7 Å². The first-order valence-electron chi connectivity index (χ1n) is 8.47.